The van der Waals surface area contributed by atoms with E-state index in [-0.39, 0.29) is 0 Å². The average Bonchev–Trinajstić information content (AvgIpc) is 2.47. The van der Waals surface area contributed by atoms with E-state index >= 15 is 0 Å². The van der Waals surface area contributed by atoms with Gasteiger partial charge in [0.15, 0.2) is 0 Å². The van der Waals surface area contributed by atoms with Crippen LogP contribution in [-0.4, -0.2) is 16.2 Å². The number of aromatic nitrogens is 2. The van der Waals surface area contributed by atoms with Gasteiger partial charge in [-0.1, -0.05) is 24.3 Å². The minimum absolute atomic E-state index is 0.846. The molecule has 1 aromatic carbocycles. The van der Waals surface area contributed by atoms with Crippen molar-refractivity contribution in [2.75, 3.05) is 0 Å². The molecule has 3 heteroatoms. The topological polar surface area (TPSA) is 38.1 Å². The molecule has 0 spiro atoms. The van der Waals surface area contributed by atoms with E-state index in [2.05, 4.69) is 15.0 Å². The largest absolute Gasteiger partial charge is 0.255 e. The summed E-state index contributed by atoms with van der Waals surface area (Å²) < 4.78 is 0. The highest BCUT2D eigenvalue weighted by Crippen LogP contribution is 2.23. The van der Waals surface area contributed by atoms with Crippen molar-refractivity contribution in [1.29, 1.82) is 0 Å². The molecule has 0 fully saturated rings. The molecule has 0 unspecified atom stereocenters. The van der Waals surface area contributed by atoms with Crippen LogP contribution in [0.1, 0.15) is 11.3 Å². The molecule has 0 N–H and O–H groups in total. The van der Waals surface area contributed by atoms with E-state index in [1.807, 2.05) is 55.6 Å². The van der Waals surface area contributed by atoms with E-state index in [0.717, 1.165) is 27.8 Å². The first-order valence-corrected chi connectivity index (χ1v) is 6.13. The van der Waals surface area contributed by atoms with Gasteiger partial charge in [0.1, 0.15) is 0 Å². The summed E-state index contributed by atoms with van der Waals surface area (Å²) in [5.74, 6) is 0. The zero-order valence-corrected chi connectivity index (χ0v) is 10.6. The second kappa shape index (κ2) is 4.98. The summed E-state index contributed by atoms with van der Waals surface area (Å²) in [6, 6.07) is 13.9. The average molecular weight is 247 g/mol. The van der Waals surface area contributed by atoms with Crippen LogP contribution in [0.4, 0.5) is 5.69 Å². The summed E-state index contributed by atoms with van der Waals surface area (Å²) in [6.45, 7) is 2.02. The molecule has 0 aliphatic rings. The number of benzene rings is 1. The predicted molar refractivity (Wildman–Crippen MR) is 78.0 cm³/mol. The van der Waals surface area contributed by atoms with Crippen LogP contribution in [-0.2, 0) is 0 Å². The Morgan fingerprint density at radius 3 is 2.74 bits per heavy atom. The minimum Gasteiger partial charge on any atom is -0.255 e. The molecule has 0 radical (unpaired) electrons. The zero-order valence-electron chi connectivity index (χ0n) is 10.6. The Kier molecular flexibility index (Phi) is 3.02. The van der Waals surface area contributed by atoms with Gasteiger partial charge >= 0.3 is 0 Å². The maximum atomic E-state index is 4.48. The number of aliphatic imine (C=N–C) groups is 1. The standard InChI is InChI=1S/C16H13N3/c1-12-7-8-14(18-10-12)11-19-15-6-2-4-13-5-3-9-17-16(13)15/h2-11H,1H3. The molecular weight excluding hydrogens is 234 g/mol. The van der Waals surface area contributed by atoms with Gasteiger partial charge < -0.3 is 0 Å². The fraction of sp³-hybridized carbons (Fsp3) is 0.0625. The normalized spacial score (nSPS) is 11.2. The third-order valence-electron chi connectivity index (χ3n) is 2.88. The number of rotatable bonds is 2. The molecule has 0 bridgehead atoms. The van der Waals surface area contributed by atoms with Crippen molar-refractivity contribution in [3.8, 4) is 0 Å². The SMILES string of the molecule is Cc1ccc(C=Nc2cccc3cccnc23)nc1. The molecule has 0 aliphatic carbocycles. The highest BCUT2D eigenvalue weighted by molar-refractivity contribution is 5.91. The van der Waals surface area contributed by atoms with E-state index in [4.69, 9.17) is 0 Å². The predicted octanol–water partition coefficient (Wildman–Crippen LogP) is 3.69. The molecule has 2 heterocycles. The fourth-order valence-electron chi connectivity index (χ4n) is 1.88. The highest BCUT2D eigenvalue weighted by atomic mass is 14.8. The van der Waals surface area contributed by atoms with Gasteiger partial charge in [-0.15, -0.1) is 0 Å². The lowest BCUT2D eigenvalue weighted by Crippen LogP contribution is -1.87. The third-order valence-corrected chi connectivity index (χ3v) is 2.88. The second-order valence-corrected chi connectivity index (χ2v) is 4.37. The van der Waals surface area contributed by atoms with Crippen molar-refractivity contribution in [3.63, 3.8) is 0 Å². The first kappa shape index (κ1) is 11.5. The van der Waals surface area contributed by atoms with Crippen molar-refractivity contribution in [3.05, 3.63) is 66.1 Å². The van der Waals surface area contributed by atoms with E-state index in [1.54, 1.807) is 12.4 Å². The van der Waals surface area contributed by atoms with Gasteiger partial charge in [0.25, 0.3) is 0 Å². The molecule has 0 atom stereocenters. The van der Waals surface area contributed by atoms with Crippen LogP contribution >= 0.6 is 0 Å². The van der Waals surface area contributed by atoms with Crippen LogP contribution < -0.4 is 0 Å². The fourth-order valence-corrected chi connectivity index (χ4v) is 1.88. The lowest BCUT2D eigenvalue weighted by Gasteiger charge is -2.00. The van der Waals surface area contributed by atoms with Gasteiger partial charge in [0.2, 0.25) is 0 Å². The van der Waals surface area contributed by atoms with Crippen LogP contribution in [0, 0.1) is 6.92 Å². The maximum Gasteiger partial charge on any atom is 0.0958 e. The van der Waals surface area contributed by atoms with Crippen molar-refractivity contribution in [2.45, 2.75) is 6.92 Å². The van der Waals surface area contributed by atoms with Crippen LogP contribution in [0.5, 0.6) is 0 Å². The highest BCUT2D eigenvalue weighted by Gasteiger charge is 1.99. The Bertz CT molecular complexity index is 725. The van der Waals surface area contributed by atoms with Gasteiger partial charge in [-0.3, -0.25) is 15.0 Å². The Balaban J connectivity index is 1.99. The van der Waals surface area contributed by atoms with Gasteiger partial charge in [-0.2, -0.15) is 0 Å². The first-order chi connectivity index (χ1) is 9.33. The molecule has 0 saturated carbocycles. The summed E-state index contributed by atoms with van der Waals surface area (Å²) in [6.07, 6.45) is 5.39. The molecule has 3 rings (SSSR count). The van der Waals surface area contributed by atoms with Gasteiger partial charge in [0.05, 0.1) is 23.1 Å². The number of aryl methyl sites for hydroxylation is 1. The number of para-hydroxylation sites is 1. The third kappa shape index (κ3) is 2.50. The maximum absolute atomic E-state index is 4.48. The van der Waals surface area contributed by atoms with Crippen LogP contribution in [0.15, 0.2) is 59.9 Å². The van der Waals surface area contributed by atoms with E-state index < -0.39 is 0 Å². The van der Waals surface area contributed by atoms with Crippen molar-refractivity contribution in [1.82, 2.24) is 9.97 Å². The van der Waals surface area contributed by atoms with Gasteiger partial charge in [-0.05, 0) is 30.7 Å². The number of nitrogens with zero attached hydrogens (tertiary/aromatic N) is 3. The quantitative estimate of drug-likeness (QED) is 0.648. The number of pyridine rings is 2. The first-order valence-electron chi connectivity index (χ1n) is 6.13. The molecule has 0 saturated heterocycles. The smallest absolute Gasteiger partial charge is 0.0958 e. The number of fused-ring (bicyclic) bond motifs is 1. The lowest BCUT2D eigenvalue weighted by molar-refractivity contribution is 1.25. The Labute approximate surface area is 111 Å². The molecule has 2 aromatic heterocycles. The zero-order chi connectivity index (χ0) is 13.1. The van der Waals surface area contributed by atoms with Crippen molar-refractivity contribution >= 4 is 22.8 Å². The molecular formula is C16H13N3. The summed E-state index contributed by atoms with van der Waals surface area (Å²) in [5, 5.41) is 1.09. The lowest BCUT2D eigenvalue weighted by atomic mass is 10.2. The summed E-state index contributed by atoms with van der Waals surface area (Å²) in [4.78, 5) is 13.2. The Morgan fingerprint density at radius 1 is 1.00 bits per heavy atom. The van der Waals surface area contributed by atoms with E-state index in [1.165, 1.54) is 0 Å². The van der Waals surface area contributed by atoms with Crippen molar-refractivity contribution < 1.29 is 0 Å². The van der Waals surface area contributed by atoms with Gasteiger partial charge in [-0.25, -0.2) is 0 Å². The molecule has 19 heavy (non-hydrogen) atoms. The molecule has 0 aliphatic heterocycles. The molecule has 3 aromatic rings. The summed E-state index contributed by atoms with van der Waals surface area (Å²) in [5.41, 5.74) is 3.76. The van der Waals surface area contributed by atoms with Crippen LogP contribution in [0.3, 0.4) is 0 Å². The van der Waals surface area contributed by atoms with E-state index in [0.29, 0.717) is 0 Å². The molecule has 92 valence electrons. The minimum atomic E-state index is 0.846. The van der Waals surface area contributed by atoms with Crippen LogP contribution in [0.25, 0.3) is 10.9 Å². The molecule has 3 nitrogen and oxygen atoms in total. The summed E-state index contributed by atoms with van der Waals surface area (Å²) in [7, 11) is 0. The van der Waals surface area contributed by atoms with E-state index in [9.17, 15) is 0 Å². The Hall–Kier alpha value is -2.55. The van der Waals surface area contributed by atoms with Gasteiger partial charge in [0, 0.05) is 17.8 Å². The number of hydrogen-bond donors (Lipinski definition) is 0. The molecule has 0 amide bonds. The number of hydrogen-bond acceptors (Lipinski definition) is 3. The van der Waals surface area contributed by atoms with Crippen molar-refractivity contribution in [2.24, 2.45) is 4.99 Å². The van der Waals surface area contributed by atoms with Crippen LogP contribution in [0.2, 0.25) is 0 Å². The monoisotopic (exact) mass is 247 g/mol. The summed E-state index contributed by atoms with van der Waals surface area (Å²) >= 11 is 0. The second-order valence-electron chi connectivity index (χ2n) is 4.37. The Morgan fingerprint density at radius 2 is 1.89 bits per heavy atom.